The Balaban J connectivity index is 1.55. The predicted octanol–water partition coefficient (Wildman–Crippen LogP) is 6.97. The Bertz CT molecular complexity index is 1150. The molecule has 0 amide bonds. The molecule has 0 unspecified atom stereocenters. The molecule has 1 fully saturated rings. The second kappa shape index (κ2) is 11.2. The maximum atomic E-state index is 9.59. The second-order valence-corrected chi connectivity index (χ2v) is 10.6. The van der Waals surface area contributed by atoms with E-state index in [9.17, 15) is 5.26 Å². The van der Waals surface area contributed by atoms with Crippen LogP contribution in [0.25, 0.3) is 21.0 Å². The molecular weight excluding hydrogens is 438 g/mol. The molecule has 34 heavy (non-hydrogen) atoms. The standard InChI is InChI=1S/C29H35N3OS/c1-5-25-22(13-16-32-14-11-21(4)12-15-32)7-6-8-26(25)28-19-31-29(34-28)23-9-10-27(33-20(2)3)24(17-23)18-30/h6-10,17,19-21H,5,11-16H2,1-4H3. The average Bonchev–Trinajstić information content (AvgIpc) is 3.33. The average molecular weight is 474 g/mol. The van der Waals surface area contributed by atoms with E-state index >= 15 is 0 Å². The molecule has 0 bridgehead atoms. The van der Waals surface area contributed by atoms with E-state index in [0.29, 0.717) is 11.3 Å². The van der Waals surface area contributed by atoms with Crippen molar-refractivity contribution in [3.05, 3.63) is 59.3 Å². The normalized spacial score (nSPS) is 14.9. The van der Waals surface area contributed by atoms with Crippen LogP contribution in [0, 0.1) is 17.2 Å². The molecule has 0 atom stereocenters. The highest BCUT2D eigenvalue weighted by Crippen LogP contribution is 2.36. The van der Waals surface area contributed by atoms with Crippen LogP contribution in [-0.2, 0) is 12.8 Å². The number of likely N-dealkylation sites (tertiary alicyclic amines) is 1. The van der Waals surface area contributed by atoms with Gasteiger partial charge >= 0.3 is 0 Å². The predicted molar refractivity (Wildman–Crippen MR) is 141 cm³/mol. The molecule has 0 radical (unpaired) electrons. The molecule has 5 heteroatoms. The first kappa shape index (κ1) is 24.4. The number of nitriles is 1. The van der Waals surface area contributed by atoms with Crippen LogP contribution in [0.1, 0.15) is 57.2 Å². The van der Waals surface area contributed by atoms with E-state index in [-0.39, 0.29) is 6.10 Å². The Labute approximate surface area is 208 Å². The minimum absolute atomic E-state index is 0.0302. The molecule has 1 aliphatic rings. The van der Waals surface area contributed by atoms with Crippen LogP contribution >= 0.6 is 11.3 Å². The van der Waals surface area contributed by atoms with Crippen molar-refractivity contribution < 1.29 is 4.74 Å². The molecule has 4 nitrogen and oxygen atoms in total. The largest absolute Gasteiger partial charge is 0.490 e. The summed E-state index contributed by atoms with van der Waals surface area (Å²) in [7, 11) is 0. The maximum Gasteiger partial charge on any atom is 0.137 e. The number of benzene rings is 2. The lowest BCUT2D eigenvalue weighted by Gasteiger charge is -2.30. The highest BCUT2D eigenvalue weighted by molar-refractivity contribution is 7.18. The maximum absolute atomic E-state index is 9.59. The van der Waals surface area contributed by atoms with Crippen molar-refractivity contribution >= 4 is 11.3 Å². The zero-order chi connectivity index (χ0) is 24.1. The highest BCUT2D eigenvalue weighted by atomic mass is 32.1. The van der Waals surface area contributed by atoms with Crippen molar-refractivity contribution in [1.82, 2.24) is 9.88 Å². The molecule has 1 saturated heterocycles. The number of ether oxygens (including phenoxy) is 1. The van der Waals surface area contributed by atoms with E-state index < -0.39 is 0 Å². The summed E-state index contributed by atoms with van der Waals surface area (Å²) in [5, 5.41) is 10.5. The SMILES string of the molecule is CCc1c(CCN2CCC(C)CC2)cccc1-c1cnc(-c2ccc(OC(C)C)c(C#N)c2)s1. The number of hydrogen-bond acceptors (Lipinski definition) is 5. The molecular formula is C29H35N3OS. The fraction of sp³-hybridized carbons (Fsp3) is 0.448. The zero-order valence-electron chi connectivity index (χ0n) is 20.8. The number of hydrogen-bond donors (Lipinski definition) is 0. The van der Waals surface area contributed by atoms with Gasteiger partial charge in [0.05, 0.1) is 16.5 Å². The van der Waals surface area contributed by atoms with Gasteiger partial charge in [-0.15, -0.1) is 11.3 Å². The summed E-state index contributed by atoms with van der Waals surface area (Å²) < 4.78 is 5.77. The molecule has 0 spiro atoms. The lowest BCUT2D eigenvalue weighted by atomic mass is 9.95. The van der Waals surface area contributed by atoms with Crippen molar-refractivity contribution in [2.75, 3.05) is 19.6 Å². The van der Waals surface area contributed by atoms with Crippen molar-refractivity contribution in [3.63, 3.8) is 0 Å². The van der Waals surface area contributed by atoms with Gasteiger partial charge in [-0.25, -0.2) is 4.98 Å². The molecule has 1 aliphatic heterocycles. The van der Waals surface area contributed by atoms with Gasteiger partial charge in [-0.3, -0.25) is 0 Å². The molecule has 0 aliphatic carbocycles. The monoisotopic (exact) mass is 473 g/mol. The van der Waals surface area contributed by atoms with E-state index in [1.165, 1.54) is 47.5 Å². The number of piperidine rings is 1. The molecule has 178 valence electrons. The Hall–Kier alpha value is -2.68. The van der Waals surface area contributed by atoms with Gasteiger partial charge in [0.1, 0.15) is 16.8 Å². The van der Waals surface area contributed by atoms with Gasteiger partial charge in [0.25, 0.3) is 0 Å². The molecule has 0 saturated carbocycles. The summed E-state index contributed by atoms with van der Waals surface area (Å²) in [5.74, 6) is 1.50. The second-order valence-electron chi connectivity index (χ2n) is 9.59. The van der Waals surface area contributed by atoms with E-state index in [1.54, 1.807) is 11.3 Å². The van der Waals surface area contributed by atoms with Gasteiger partial charge in [-0.1, -0.05) is 32.0 Å². The van der Waals surface area contributed by atoms with Crippen LogP contribution < -0.4 is 4.74 Å². The zero-order valence-corrected chi connectivity index (χ0v) is 21.6. The number of rotatable bonds is 8. The molecule has 2 aromatic carbocycles. The van der Waals surface area contributed by atoms with Crippen molar-refractivity contribution in [1.29, 1.82) is 5.26 Å². The summed E-state index contributed by atoms with van der Waals surface area (Å²) in [4.78, 5) is 8.52. The molecule has 1 aromatic heterocycles. The third-order valence-corrected chi connectivity index (χ3v) is 7.76. The quantitative estimate of drug-likeness (QED) is 0.354. The summed E-state index contributed by atoms with van der Waals surface area (Å²) in [6.07, 6.45) is 6.76. The summed E-state index contributed by atoms with van der Waals surface area (Å²) >= 11 is 1.69. The first-order valence-corrected chi connectivity index (χ1v) is 13.3. The van der Waals surface area contributed by atoms with E-state index in [1.807, 2.05) is 38.2 Å². The topological polar surface area (TPSA) is 49.2 Å². The van der Waals surface area contributed by atoms with Crippen LogP contribution in [0.15, 0.2) is 42.6 Å². The summed E-state index contributed by atoms with van der Waals surface area (Å²) in [6.45, 7) is 12.1. The Morgan fingerprint density at radius 2 is 2.00 bits per heavy atom. The Morgan fingerprint density at radius 3 is 2.71 bits per heavy atom. The van der Waals surface area contributed by atoms with Crippen molar-refractivity contribution in [3.8, 4) is 32.8 Å². The van der Waals surface area contributed by atoms with E-state index in [2.05, 4.69) is 43.0 Å². The van der Waals surface area contributed by atoms with E-state index in [0.717, 1.165) is 35.9 Å². The summed E-state index contributed by atoms with van der Waals surface area (Å²) in [6, 6.07) is 14.7. The number of aromatic nitrogens is 1. The van der Waals surface area contributed by atoms with Gasteiger partial charge in [0, 0.05) is 18.3 Å². The van der Waals surface area contributed by atoms with Gasteiger partial charge in [-0.2, -0.15) is 5.26 Å². The fourth-order valence-corrected chi connectivity index (χ4v) is 5.69. The van der Waals surface area contributed by atoms with Gasteiger partial charge in [0.15, 0.2) is 0 Å². The highest BCUT2D eigenvalue weighted by Gasteiger charge is 2.17. The smallest absolute Gasteiger partial charge is 0.137 e. The molecule has 3 aromatic rings. The van der Waals surface area contributed by atoms with E-state index in [4.69, 9.17) is 9.72 Å². The van der Waals surface area contributed by atoms with Gasteiger partial charge in [0.2, 0.25) is 0 Å². The van der Waals surface area contributed by atoms with Crippen LogP contribution in [0.4, 0.5) is 0 Å². The number of thiazole rings is 1. The van der Waals surface area contributed by atoms with Crippen LogP contribution in [0.5, 0.6) is 5.75 Å². The lowest BCUT2D eigenvalue weighted by molar-refractivity contribution is 0.194. The molecule has 4 rings (SSSR count). The summed E-state index contributed by atoms with van der Waals surface area (Å²) in [5.41, 5.74) is 5.68. The van der Waals surface area contributed by atoms with Crippen molar-refractivity contribution in [2.45, 2.75) is 59.5 Å². The van der Waals surface area contributed by atoms with Crippen molar-refractivity contribution in [2.24, 2.45) is 5.92 Å². The van der Waals surface area contributed by atoms with Gasteiger partial charge < -0.3 is 9.64 Å². The first-order chi connectivity index (χ1) is 16.5. The van der Waals surface area contributed by atoms with Gasteiger partial charge in [-0.05, 0) is 93.4 Å². The molecule has 2 heterocycles. The van der Waals surface area contributed by atoms with Crippen LogP contribution in [0.2, 0.25) is 0 Å². The fourth-order valence-electron chi connectivity index (χ4n) is 4.72. The lowest BCUT2D eigenvalue weighted by Crippen LogP contribution is -2.34. The van der Waals surface area contributed by atoms with Crippen LogP contribution in [0.3, 0.4) is 0 Å². The minimum Gasteiger partial charge on any atom is -0.490 e. The Kier molecular flexibility index (Phi) is 8.03. The third-order valence-electron chi connectivity index (χ3n) is 6.68. The third kappa shape index (κ3) is 5.68. The first-order valence-electron chi connectivity index (χ1n) is 12.5. The van der Waals surface area contributed by atoms with Crippen LogP contribution in [-0.4, -0.2) is 35.6 Å². The number of nitrogens with zero attached hydrogens (tertiary/aromatic N) is 3. The Morgan fingerprint density at radius 1 is 1.21 bits per heavy atom. The minimum atomic E-state index is 0.0302. The molecule has 0 N–H and O–H groups in total.